The summed E-state index contributed by atoms with van der Waals surface area (Å²) in [4.78, 5) is 11.0. The van der Waals surface area contributed by atoms with Gasteiger partial charge < -0.3 is 9.47 Å². The third-order valence-corrected chi connectivity index (χ3v) is 2.38. The van der Waals surface area contributed by atoms with Crippen LogP contribution < -0.4 is 4.74 Å². The third kappa shape index (κ3) is 3.57. The molecule has 3 heteroatoms. The number of aryl methyl sites for hydroxylation is 2. The molecule has 1 rings (SSSR count). The minimum Gasteiger partial charge on any atom is -0.494 e. The second-order valence-electron chi connectivity index (χ2n) is 3.61. The first kappa shape index (κ1) is 12.6. The summed E-state index contributed by atoms with van der Waals surface area (Å²) < 4.78 is 10.0. The van der Waals surface area contributed by atoms with Gasteiger partial charge >= 0.3 is 5.97 Å². The molecule has 0 aromatic heterocycles. The Morgan fingerprint density at radius 2 is 2.12 bits per heavy atom. The summed E-state index contributed by atoms with van der Waals surface area (Å²) in [7, 11) is 1.41. The van der Waals surface area contributed by atoms with Crippen molar-refractivity contribution in [2.45, 2.75) is 26.7 Å². The van der Waals surface area contributed by atoms with Crippen LogP contribution in [0.1, 0.15) is 24.5 Å². The number of esters is 1. The van der Waals surface area contributed by atoms with E-state index < -0.39 is 0 Å². The standard InChI is InChI=1S/C13H18O3/c1-4-16-12-7-5-11(9-10(12)2)6-8-13(14)15-3/h5,7,9H,4,6,8H2,1-3H3. The van der Waals surface area contributed by atoms with E-state index in [2.05, 4.69) is 4.74 Å². The molecule has 1 aromatic carbocycles. The number of carbonyl (C=O) groups excluding carboxylic acids is 1. The van der Waals surface area contributed by atoms with E-state index in [-0.39, 0.29) is 5.97 Å². The topological polar surface area (TPSA) is 35.5 Å². The van der Waals surface area contributed by atoms with E-state index in [0.717, 1.165) is 16.9 Å². The van der Waals surface area contributed by atoms with E-state index in [1.807, 2.05) is 32.0 Å². The Kier molecular flexibility index (Phi) is 4.83. The molecular formula is C13H18O3. The molecule has 88 valence electrons. The maximum atomic E-state index is 11.0. The Balaban J connectivity index is 2.62. The molecule has 16 heavy (non-hydrogen) atoms. The summed E-state index contributed by atoms with van der Waals surface area (Å²) >= 11 is 0. The Morgan fingerprint density at radius 1 is 1.38 bits per heavy atom. The Labute approximate surface area is 96.4 Å². The number of hydrogen-bond acceptors (Lipinski definition) is 3. The van der Waals surface area contributed by atoms with Crippen LogP contribution in [-0.2, 0) is 16.0 Å². The lowest BCUT2D eigenvalue weighted by Crippen LogP contribution is -2.02. The molecular weight excluding hydrogens is 204 g/mol. The van der Waals surface area contributed by atoms with Crippen molar-refractivity contribution in [3.05, 3.63) is 29.3 Å². The van der Waals surface area contributed by atoms with Gasteiger partial charge in [-0.25, -0.2) is 0 Å². The predicted octanol–water partition coefficient (Wildman–Crippen LogP) is 2.50. The van der Waals surface area contributed by atoms with Gasteiger partial charge in [0.25, 0.3) is 0 Å². The molecule has 0 bridgehead atoms. The van der Waals surface area contributed by atoms with Gasteiger partial charge in [0.1, 0.15) is 5.75 Å². The molecule has 0 atom stereocenters. The van der Waals surface area contributed by atoms with Crippen LogP contribution in [0.15, 0.2) is 18.2 Å². The van der Waals surface area contributed by atoms with E-state index in [1.54, 1.807) is 0 Å². The highest BCUT2D eigenvalue weighted by Gasteiger charge is 2.04. The minimum atomic E-state index is -0.175. The normalized spacial score (nSPS) is 9.94. The lowest BCUT2D eigenvalue weighted by atomic mass is 10.1. The summed E-state index contributed by atoms with van der Waals surface area (Å²) in [6, 6.07) is 5.99. The average Bonchev–Trinajstić information content (AvgIpc) is 2.29. The summed E-state index contributed by atoms with van der Waals surface area (Å²) in [5.41, 5.74) is 2.23. The second-order valence-corrected chi connectivity index (χ2v) is 3.61. The fourth-order valence-electron chi connectivity index (χ4n) is 1.53. The van der Waals surface area contributed by atoms with Gasteiger partial charge in [-0.15, -0.1) is 0 Å². The van der Waals surface area contributed by atoms with Gasteiger partial charge in [-0.1, -0.05) is 12.1 Å². The molecule has 1 aromatic rings. The molecule has 0 aliphatic heterocycles. The molecule has 0 unspecified atom stereocenters. The number of rotatable bonds is 5. The molecule has 0 heterocycles. The Hall–Kier alpha value is -1.51. The largest absolute Gasteiger partial charge is 0.494 e. The number of ether oxygens (including phenoxy) is 2. The molecule has 0 saturated carbocycles. The van der Waals surface area contributed by atoms with E-state index in [1.165, 1.54) is 7.11 Å². The SMILES string of the molecule is CCOc1ccc(CCC(=O)OC)cc1C. The second kappa shape index (κ2) is 6.16. The molecule has 0 radical (unpaired) electrons. The number of hydrogen-bond donors (Lipinski definition) is 0. The third-order valence-electron chi connectivity index (χ3n) is 2.38. The number of carbonyl (C=O) groups is 1. The van der Waals surface area contributed by atoms with Crippen molar-refractivity contribution >= 4 is 5.97 Å². The van der Waals surface area contributed by atoms with E-state index in [0.29, 0.717) is 19.4 Å². The van der Waals surface area contributed by atoms with Crippen LogP contribution in [0, 0.1) is 6.92 Å². The van der Waals surface area contributed by atoms with Crippen molar-refractivity contribution in [2.24, 2.45) is 0 Å². The smallest absolute Gasteiger partial charge is 0.305 e. The van der Waals surface area contributed by atoms with Crippen LogP contribution in [-0.4, -0.2) is 19.7 Å². The minimum absolute atomic E-state index is 0.175. The van der Waals surface area contributed by atoms with Crippen molar-refractivity contribution in [3.8, 4) is 5.75 Å². The van der Waals surface area contributed by atoms with Gasteiger partial charge in [-0.2, -0.15) is 0 Å². The van der Waals surface area contributed by atoms with Crippen LogP contribution >= 0.6 is 0 Å². The first-order valence-electron chi connectivity index (χ1n) is 5.46. The molecule has 0 amide bonds. The van der Waals surface area contributed by atoms with E-state index in [4.69, 9.17) is 4.74 Å². The molecule has 0 N–H and O–H groups in total. The lowest BCUT2D eigenvalue weighted by molar-refractivity contribution is -0.140. The maximum absolute atomic E-state index is 11.0. The molecule has 0 fully saturated rings. The maximum Gasteiger partial charge on any atom is 0.305 e. The van der Waals surface area contributed by atoms with Gasteiger partial charge in [0, 0.05) is 6.42 Å². The summed E-state index contributed by atoms with van der Waals surface area (Å²) in [6.45, 7) is 4.64. The predicted molar refractivity (Wildman–Crippen MR) is 62.7 cm³/mol. The van der Waals surface area contributed by atoms with E-state index >= 15 is 0 Å². The zero-order valence-electron chi connectivity index (χ0n) is 10.1. The van der Waals surface area contributed by atoms with Crippen LogP contribution in [0.5, 0.6) is 5.75 Å². The first-order chi connectivity index (χ1) is 7.67. The zero-order valence-corrected chi connectivity index (χ0v) is 10.1. The van der Waals surface area contributed by atoms with Crippen molar-refractivity contribution < 1.29 is 14.3 Å². The fraction of sp³-hybridized carbons (Fsp3) is 0.462. The molecule has 0 aliphatic rings. The van der Waals surface area contributed by atoms with Gasteiger partial charge in [0.05, 0.1) is 13.7 Å². The summed E-state index contributed by atoms with van der Waals surface area (Å²) in [6.07, 6.45) is 1.13. The van der Waals surface area contributed by atoms with Gasteiger partial charge in [-0.3, -0.25) is 4.79 Å². The number of methoxy groups -OCH3 is 1. The van der Waals surface area contributed by atoms with Crippen molar-refractivity contribution in [1.82, 2.24) is 0 Å². The summed E-state index contributed by atoms with van der Waals surface area (Å²) in [5.74, 6) is 0.732. The molecule has 0 aliphatic carbocycles. The van der Waals surface area contributed by atoms with E-state index in [9.17, 15) is 4.79 Å². The quantitative estimate of drug-likeness (QED) is 0.718. The Bertz CT molecular complexity index is 358. The van der Waals surface area contributed by atoms with Gasteiger partial charge in [0.2, 0.25) is 0 Å². The first-order valence-corrected chi connectivity index (χ1v) is 5.46. The highest BCUT2D eigenvalue weighted by Crippen LogP contribution is 2.19. The van der Waals surface area contributed by atoms with Gasteiger partial charge in [-0.05, 0) is 37.5 Å². The fourth-order valence-corrected chi connectivity index (χ4v) is 1.53. The highest BCUT2D eigenvalue weighted by atomic mass is 16.5. The van der Waals surface area contributed by atoms with Crippen LogP contribution in [0.3, 0.4) is 0 Å². The molecule has 3 nitrogen and oxygen atoms in total. The lowest BCUT2D eigenvalue weighted by Gasteiger charge is -2.08. The monoisotopic (exact) mass is 222 g/mol. The van der Waals surface area contributed by atoms with Crippen LogP contribution in [0.4, 0.5) is 0 Å². The molecule has 0 spiro atoms. The average molecular weight is 222 g/mol. The van der Waals surface area contributed by atoms with Gasteiger partial charge in [0.15, 0.2) is 0 Å². The highest BCUT2D eigenvalue weighted by molar-refractivity contribution is 5.69. The summed E-state index contributed by atoms with van der Waals surface area (Å²) in [5, 5.41) is 0. The molecule has 0 saturated heterocycles. The van der Waals surface area contributed by atoms with Crippen LogP contribution in [0.2, 0.25) is 0 Å². The Morgan fingerprint density at radius 3 is 2.69 bits per heavy atom. The van der Waals surface area contributed by atoms with Crippen molar-refractivity contribution in [1.29, 1.82) is 0 Å². The van der Waals surface area contributed by atoms with Crippen molar-refractivity contribution in [2.75, 3.05) is 13.7 Å². The van der Waals surface area contributed by atoms with Crippen LogP contribution in [0.25, 0.3) is 0 Å². The zero-order chi connectivity index (χ0) is 12.0. The number of benzene rings is 1. The van der Waals surface area contributed by atoms with Crippen molar-refractivity contribution in [3.63, 3.8) is 0 Å².